The summed E-state index contributed by atoms with van der Waals surface area (Å²) in [6.07, 6.45) is 3.33. The molecule has 0 aromatic carbocycles. The van der Waals surface area contributed by atoms with E-state index >= 15 is 0 Å². The third-order valence-electron chi connectivity index (χ3n) is 7.55. The van der Waals surface area contributed by atoms with Gasteiger partial charge in [-0.25, -0.2) is 4.79 Å². The van der Waals surface area contributed by atoms with Gasteiger partial charge in [0.25, 0.3) is 0 Å². The average molecular weight is 432 g/mol. The molecule has 1 aromatic rings. The fraction of sp³-hybridized carbons (Fsp3) is 0.609. The third kappa shape index (κ3) is 3.28. The van der Waals surface area contributed by atoms with E-state index in [-0.39, 0.29) is 5.97 Å². The van der Waals surface area contributed by atoms with E-state index in [1.165, 1.54) is 26.4 Å². The Morgan fingerprint density at radius 1 is 1.29 bits per heavy atom. The van der Waals surface area contributed by atoms with E-state index in [0.29, 0.717) is 24.8 Å². The highest BCUT2D eigenvalue weighted by Gasteiger charge is 2.66. The van der Waals surface area contributed by atoms with Crippen LogP contribution in [-0.4, -0.2) is 42.3 Å². The number of hydrogen-bond acceptors (Lipinski definition) is 8. The molecule has 1 N–H and O–H groups in total. The van der Waals surface area contributed by atoms with Crippen LogP contribution in [0.25, 0.3) is 0 Å². The largest absolute Gasteiger partial charge is 0.472 e. The summed E-state index contributed by atoms with van der Waals surface area (Å²) >= 11 is 0. The first kappa shape index (κ1) is 21.6. The van der Waals surface area contributed by atoms with Crippen molar-refractivity contribution in [2.75, 3.05) is 7.11 Å². The Kier molecular flexibility index (Phi) is 5.24. The predicted octanol–water partition coefficient (Wildman–Crippen LogP) is 2.71. The van der Waals surface area contributed by atoms with Gasteiger partial charge in [-0.3, -0.25) is 9.59 Å². The minimum Gasteiger partial charge on any atom is -0.472 e. The maximum Gasteiger partial charge on any atom is 0.334 e. The topological polar surface area (TPSA) is 112 Å². The molecule has 0 radical (unpaired) electrons. The van der Waals surface area contributed by atoms with E-state index in [2.05, 4.69) is 0 Å². The van der Waals surface area contributed by atoms with Crippen LogP contribution in [0, 0.1) is 22.7 Å². The van der Waals surface area contributed by atoms with Crippen molar-refractivity contribution in [1.29, 1.82) is 0 Å². The van der Waals surface area contributed by atoms with Crippen molar-refractivity contribution in [2.24, 2.45) is 22.7 Å². The molecule has 0 bridgehead atoms. The number of hydrogen-bond donors (Lipinski definition) is 1. The number of aliphatic hydroxyl groups excluding tert-OH is 1. The van der Waals surface area contributed by atoms with Crippen LogP contribution in [-0.2, 0) is 28.6 Å². The molecule has 1 saturated carbocycles. The second-order valence-corrected chi connectivity index (χ2v) is 9.32. The molecule has 2 heterocycles. The van der Waals surface area contributed by atoms with Gasteiger partial charge >= 0.3 is 17.9 Å². The number of methoxy groups -OCH3 is 1. The molecule has 3 aliphatic rings. The lowest BCUT2D eigenvalue weighted by Crippen LogP contribution is -2.63. The number of fused-ring (bicyclic) bond motifs is 3. The molecule has 31 heavy (non-hydrogen) atoms. The fourth-order valence-electron chi connectivity index (χ4n) is 6.27. The van der Waals surface area contributed by atoms with Crippen LogP contribution in [0.2, 0.25) is 0 Å². The second-order valence-electron chi connectivity index (χ2n) is 9.32. The first-order valence-corrected chi connectivity index (χ1v) is 10.5. The molecule has 8 nitrogen and oxygen atoms in total. The van der Waals surface area contributed by atoms with Crippen LogP contribution >= 0.6 is 0 Å². The number of carbonyl (C=O) groups excluding carboxylic acids is 3. The molecule has 8 heteroatoms. The normalized spacial score (nSPS) is 39.5. The second kappa shape index (κ2) is 7.51. The van der Waals surface area contributed by atoms with Gasteiger partial charge in [-0.2, -0.15) is 0 Å². The van der Waals surface area contributed by atoms with Crippen molar-refractivity contribution >= 4 is 17.9 Å². The minimum atomic E-state index is -1.20. The minimum absolute atomic E-state index is 0.327. The molecule has 168 valence electrons. The molecule has 2 aliphatic carbocycles. The molecule has 2 unspecified atom stereocenters. The smallest absolute Gasteiger partial charge is 0.334 e. The highest BCUT2D eigenvalue weighted by Crippen LogP contribution is 2.65. The Balaban J connectivity index is 1.85. The molecular formula is C23H28O8. The van der Waals surface area contributed by atoms with Crippen molar-refractivity contribution in [1.82, 2.24) is 0 Å². The Labute approximate surface area is 180 Å². The van der Waals surface area contributed by atoms with Gasteiger partial charge in [-0.1, -0.05) is 13.8 Å². The zero-order chi connectivity index (χ0) is 22.6. The number of ether oxygens (including phenoxy) is 3. The zero-order valence-electron chi connectivity index (χ0n) is 18.1. The van der Waals surface area contributed by atoms with E-state index in [0.717, 1.165) is 5.56 Å². The first-order valence-electron chi connectivity index (χ1n) is 10.5. The number of rotatable bonds is 3. The zero-order valence-corrected chi connectivity index (χ0v) is 18.1. The van der Waals surface area contributed by atoms with Crippen LogP contribution in [0.15, 0.2) is 34.7 Å². The predicted molar refractivity (Wildman–Crippen MR) is 106 cm³/mol. The quantitative estimate of drug-likeness (QED) is 0.573. The lowest BCUT2D eigenvalue weighted by Gasteiger charge is -2.61. The van der Waals surface area contributed by atoms with Gasteiger partial charge in [0.1, 0.15) is 18.3 Å². The van der Waals surface area contributed by atoms with E-state index < -0.39 is 52.9 Å². The van der Waals surface area contributed by atoms with Gasteiger partial charge < -0.3 is 23.7 Å². The number of aliphatic hydroxyl groups is 1. The summed E-state index contributed by atoms with van der Waals surface area (Å²) in [7, 11) is 1.30. The van der Waals surface area contributed by atoms with Gasteiger partial charge in [0.2, 0.25) is 0 Å². The van der Waals surface area contributed by atoms with Crippen LogP contribution in [0.3, 0.4) is 0 Å². The molecule has 1 aromatic heterocycles. The summed E-state index contributed by atoms with van der Waals surface area (Å²) in [5, 5.41) is 10.9. The van der Waals surface area contributed by atoms with E-state index in [1.807, 2.05) is 13.8 Å². The van der Waals surface area contributed by atoms with Crippen LogP contribution in [0.1, 0.15) is 51.7 Å². The molecule has 0 spiro atoms. The molecule has 7 atom stereocenters. The first-order chi connectivity index (χ1) is 14.6. The van der Waals surface area contributed by atoms with E-state index in [1.54, 1.807) is 12.3 Å². The Bertz CT molecular complexity index is 918. The monoisotopic (exact) mass is 432 g/mol. The van der Waals surface area contributed by atoms with Crippen molar-refractivity contribution in [3.05, 3.63) is 35.8 Å². The van der Waals surface area contributed by atoms with Gasteiger partial charge in [0, 0.05) is 29.4 Å². The Hall–Kier alpha value is -2.61. The molecule has 4 rings (SSSR count). The van der Waals surface area contributed by atoms with Gasteiger partial charge in [-0.05, 0) is 36.8 Å². The highest BCUT2D eigenvalue weighted by molar-refractivity contribution is 5.90. The summed E-state index contributed by atoms with van der Waals surface area (Å²) in [5.74, 6) is -2.33. The summed E-state index contributed by atoms with van der Waals surface area (Å²) in [6, 6.07) is 1.75. The molecule has 1 aliphatic heterocycles. The van der Waals surface area contributed by atoms with Crippen LogP contribution < -0.4 is 0 Å². The number of furan rings is 1. The maximum absolute atomic E-state index is 13.1. The van der Waals surface area contributed by atoms with Gasteiger partial charge in [0.15, 0.2) is 0 Å². The van der Waals surface area contributed by atoms with Gasteiger partial charge in [0.05, 0.1) is 25.6 Å². The SMILES string of the molecule is COC(=O)C1=C[C@H](O)C(OC(C)=O)C2[C@@]1(C)CC[C@H]1C(=O)O[C@H](c3ccoc3)C[C@]21C. The van der Waals surface area contributed by atoms with Crippen molar-refractivity contribution in [2.45, 2.75) is 58.3 Å². The number of carbonyl (C=O) groups is 3. The van der Waals surface area contributed by atoms with E-state index in [9.17, 15) is 19.5 Å². The lowest BCUT2D eigenvalue weighted by atomic mass is 9.44. The van der Waals surface area contributed by atoms with Crippen molar-refractivity contribution in [3.8, 4) is 0 Å². The Morgan fingerprint density at radius 3 is 2.65 bits per heavy atom. The molecular weight excluding hydrogens is 404 g/mol. The molecule has 0 amide bonds. The summed E-state index contributed by atoms with van der Waals surface area (Å²) in [6.45, 7) is 5.18. The summed E-state index contributed by atoms with van der Waals surface area (Å²) in [5.41, 5.74) is -0.367. The van der Waals surface area contributed by atoms with Crippen LogP contribution in [0.4, 0.5) is 0 Å². The fourth-order valence-corrected chi connectivity index (χ4v) is 6.27. The van der Waals surface area contributed by atoms with E-state index in [4.69, 9.17) is 18.6 Å². The third-order valence-corrected chi connectivity index (χ3v) is 7.55. The standard InChI is InChI=1S/C23H28O8/c1-12(24)30-18-16(25)9-15(20(26)28-4)22(2)7-5-14-21(27)31-17(13-6-8-29-11-13)10-23(14,3)19(18)22/h6,8-9,11,14,16-19,25H,5,7,10H2,1-4H3/t14-,16-,17-,18?,19?,22-,23-/m0/s1. The maximum atomic E-state index is 13.1. The number of cyclic esters (lactones) is 1. The number of esters is 3. The van der Waals surface area contributed by atoms with Crippen LogP contribution in [0.5, 0.6) is 0 Å². The van der Waals surface area contributed by atoms with Crippen molar-refractivity contribution < 1.29 is 38.1 Å². The molecule has 2 fully saturated rings. The Morgan fingerprint density at radius 2 is 2.03 bits per heavy atom. The van der Waals surface area contributed by atoms with Gasteiger partial charge in [-0.15, -0.1) is 0 Å². The van der Waals surface area contributed by atoms with Crippen molar-refractivity contribution in [3.63, 3.8) is 0 Å². The lowest BCUT2D eigenvalue weighted by molar-refractivity contribution is -0.213. The summed E-state index contributed by atoms with van der Waals surface area (Å²) in [4.78, 5) is 37.7. The summed E-state index contributed by atoms with van der Waals surface area (Å²) < 4.78 is 21.6. The average Bonchev–Trinajstić information content (AvgIpc) is 3.23. The highest BCUT2D eigenvalue weighted by atomic mass is 16.6. The molecule has 1 saturated heterocycles.